The Morgan fingerprint density at radius 2 is 2.00 bits per heavy atom. The first-order valence-corrected chi connectivity index (χ1v) is 7.65. The molecule has 21 heavy (non-hydrogen) atoms. The highest BCUT2D eigenvalue weighted by Crippen LogP contribution is 2.20. The van der Waals surface area contributed by atoms with Crippen LogP contribution in [-0.4, -0.2) is 25.9 Å². The predicted octanol–water partition coefficient (Wildman–Crippen LogP) is 1.45. The average molecular weight is 316 g/mol. The molecular weight excluding hydrogens is 300 g/mol. The Morgan fingerprint density at radius 1 is 1.38 bits per heavy atom. The Balaban J connectivity index is 3.09. The number of esters is 1. The van der Waals surface area contributed by atoms with Crippen molar-refractivity contribution in [1.29, 1.82) is 0 Å². The molecule has 0 unspecified atom stereocenters. The normalized spacial score (nSPS) is 11.4. The fourth-order valence-electron chi connectivity index (χ4n) is 1.44. The number of carbonyl (C=O) groups is 1. The molecule has 0 aromatic heterocycles. The topological polar surface area (TPSA) is 130 Å². The fourth-order valence-corrected chi connectivity index (χ4v) is 2.02. The summed E-state index contributed by atoms with van der Waals surface area (Å²) in [7, 11) is -4.16. The fraction of sp³-hybridized carbons (Fsp3) is 0.417. The molecule has 9 heteroatoms. The van der Waals surface area contributed by atoms with Gasteiger partial charge in [0.2, 0.25) is 10.0 Å². The van der Waals surface area contributed by atoms with Crippen LogP contribution in [0.5, 0.6) is 0 Å². The summed E-state index contributed by atoms with van der Waals surface area (Å²) in [5, 5.41) is 15.7. The smallest absolute Gasteiger partial charge is 0.338 e. The number of nitro groups is 1. The zero-order valence-electron chi connectivity index (χ0n) is 11.6. The van der Waals surface area contributed by atoms with Crippen LogP contribution >= 0.6 is 0 Å². The SMILES string of the molecule is CC(C)CCOC(=O)c1cc([N+](=O)[O-])cc(S(N)(=O)=O)c1. The van der Waals surface area contributed by atoms with Gasteiger partial charge in [0.25, 0.3) is 5.69 Å². The first kappa shape index (κ1) is 17.1. The molecule has 0 fully saturated rings. The van der Waals surface area contributed by atoms with Gasteiger partial charge in [0, 0.05) is 12.1 Å². The summed E-state index contributed by atoms with van der Waals surface area (Å²) < 4.78 is 27.5. The molecule has 1 rings (SSSR count). The van der Waals surface area contributed by atoms with Crippen LogP contribution in [0.25, 0.3) is 0 Å². The number of hydrogen-bond acceptors (Lipinski definition) is 6. The molecule has 0 amide bonds. The van der Waals surface area contributed by atoms with Crippen LogP contribution in [-0.2, 0) is 14.8 Å². The number of nitrogens with zero attached hydrogens (tertiary/aromatic N) is 1. The molecule has 0 aliphatic rings. The molecule has 0 bridgehead atoms. The van der Waals surface area contributed by atoms with E-state index in [1.54, 1.807) is 0 Å². The van der Waals surface area contributed by atoms with E-state index in [0.29, 0.717) is 12.3 Å². The number of benzene rings is 1. The lowest BCUT2D eigenvalue weighted by Crippen LogP contribution is -2.15. The van der Waals surface area contributed by atoms with Crippen molar-refractivity contribution in [3.63, 3.8) is 0 Å². The Bertz CT molecular complexity index is 654. The van der Waals surface area contributed by atoms with E-state index >= 15 is 0 Å². The molecule has 0 saturated heterocycles. The van der Waals surface area contributed by atoms with E-state index in [1.165, 1.54) is 0 Å². The van der Waals surface area contributed by atoms with Crippen molar-refractivity contribution in [3.8, 4) is 0 Å². The van der Waals surface area contributed by atoms with E-state index in [9.17, 15) is 23.3 Å². The second-order valence-corrected chi connectivity index (χ2v) is 6.40. The van der Waals surface area contributed by atoms with Crippen molar-refractivity contribution in [3.05, 3.63) is 33.9 Å². The van der Waals surface area contributed by atoms with Gasteiger partial charge in [-0.15, -0.1) is 0 Å². The molecule has 1 aromatic rings. The maximum Gasteiger partial charge on any atom is 0.338 e. The predicted molar refractivity (Wildman–Crippen MR) is 74.2 cm³/mol. The van der Waals surface area contributed by atoms with Crippen LogP contribution in [0.3, 0.4) is 0 Å². The van der Waals surface area contributed by atoms with Gasteiger partial charge in [-0.1, -0.05) is 13.8 Å². The molecule has 116 valence electrons. The lowest BCUT2D eigenvalue weighted by Gasteiger charge is -2.07. The van der Waals surface area contributed by atoms with Crippen molar-refractivity contribution in [1.82, 2.24) is 0 Å². The van der Waals surface area contributed by atoms with Gasteiger partial charge in [-0.25, -0.2) is 18.4 Å². The molecular formula is C12H16N2O6S. The van der Waals surface area contributed by atoms with E-state index in [4.69, 9.17) is 9.88 Å². The van der Waals surface area contributed by atoms with E-state index in [2.05, 4.69) is 0 Å². The minimum atomic E-state index is -4.16. The molecule has 0 heterocycles. The van der Waals surface area contributed by atoms with E-state index < -0.39 is 31.5 Å². The van der Waals surface area contributed by atoms with Gasteiger partial charge in [0.15, 0.2) is 0 Å². The van der Waals surface area contributed by atoms with Gasteiger partial charge in [-0.05, 0) is 18.4 Å². The van der Waals surface area contributed by atoms with Crippen molar-refractivity contribution in [2.75, 3.05) is 6.61 Å². The van der Waals surface area contributed by atoms with Crippen LogP contribution in [0.1, 0.15) is 30.6 Å². The highest BCUT2D eigenvalue weighted by Gasteiger charge is 2.20. The number of sulfonamides is 1. The molecule has 0 radical (unpaired) electrons. The Labute approximate surface area is 122 Å². The molecule has 8 nitrogen and oxygen atoms in total. The third-order valence-corrected chi connectivity index (χ3v) is 3.49. The maximum atomic E-state index is 11.8. The van der Waals surface area contributed by atoms with Crippen molar-refractivity contribution in [2.24, 2.45) is 11.1 Å². The van der Waals surface area contributed by atoms with Gasteiger partial charge in [0.05, 0.1) is 22.0 Å². The summed E-state index contributed by atoms with van der Waals surface area (Å²) in [6, 6.07) is 2.70. The average Bonchev–Trinajstić information content (AvgIpc) is 2.36. The number of primary sulfonamides is 1. The lowest BCUT2D eigenvalue weighted by atomic mass is 10.1. The number of rotatable bonds is 6. The number of hydrogen-bond donors (Lipinski definition) is 1. The number of carbonyl (C=O) groups excluding carboxylic acids is 1. The largest absolute Gasteiger partial charge is 0.462 e. The Morgan fingerprint density at radius 3 is 2.48 bits per heavy atom. The highest BCUT2D eigenvalue weighted by molar-refractivity contribution is 7.89. The standard InChI is InChI=1S/C12H16N2O6S/c1-8(2)3-4-20-12(15)9-5-10(14(16)17)7-11(6-9)21(13,18)19/h5-8H,3-4H2,1-2H3,(H2,13,18,19). The maximum absolute atomic E-state index is 11.8. The van der Waals surface area contributed by atoms with E-state index in [0.717, 1.165) is 18.2 Å². The number of nitrogens with two attached hydrogens (primary N) is 1. The van der Waals surface area contributed by atoms with Gasteiger partial charge in [-0.2, -0.15) is 0 Å². The second kappa shape index (κ2) is 6.64. The monoisotopic (exact) mass is 316 g/mol. The van der Waals surface area contributed by atoms with Crippen molar-refractivity contribution >= 4 is 21.7 Å². The van der Waals surface area contributed by atoms with Crippen LogP contribution in [0.15, 0.2) is 23.1 Å². The second-order valence-electron chi connectivity index (χ2n) is 4.84. The third kappa shape index (κ3) is 5.12. The van der Waals surface area contributed by atoms with Crippen molar-refractivity contribution in [2.45, 2.75) is 25.2 Å². The van der Waals surface area contributed by atoms with E-state index in [1.807, 2.05) is 13.8 Å². The molecule has 2 N–H and O–H groups in total. The summed E-state index contributed by atoms with van der Waals surface area (Å²) in [5.74, 6) is -0.507. The summed E-state index contributed by atoms with van der Waals surface area (Å²) >= 11 is 0. The summed E-state index contributed by atoms with van der Waals surface area (Å²) in [4.78, 5) is 21.3. The van der Waals surface area contributed by atoms with Gasteiger partial charge in [0.1, 0.15) is 0 Å². The lowest BCUT2D eigenvalue weighted by molar-refractivity contribution is -0.385. The van der Waals surface area contributed by atoms with Gasteiger partial charge < -0.3 is 4.74 Å². The quantitative estimate of drug-likeness (QED) is 0.480. The van der Waals surface area contributed by atoms with E-state index in [-0.39, 0.29) is 12.2 Å². The first-order chi connectivity index (χ1) is 9.61. The minimum Gasteiger partial charge on any atom is -0.462 e. The molecule has 0 aliphatic heterocycles. The summed E-state index contributed by atoms with van der Waals surface area (Å²) in [6.07, 6.45) is 0.628. The zero-order chi connectivity index (χ0) is 16.2. The highest BCUT2D eigenvalue weighted by atomic mass is 32.2. The Kier molecular flexibility index (Phi) is 5.39. The third-order valence-electron chi connectivity index (χ3n) is 2.59. The zero-order valence-corrected chi connectivity index (χ0v) is 12.4. The number of non-ortho nitro benzene ring substituents is 1. The van der Waals surface area contributed by atoms with Crippen LogP contribution in [0.4, 0.5) is 5.69 Å². The number of ether oxygens (including phenoxy) is 1. The minimum absolute atomic E-state index is 0.143. The molecule has 1 aromatic carbocycles. The number of nitro benzene ring substituents is 1. The van der Waals surface area contributed by atoms with Gasteiger partial charge in [-0.3, -0.25) is 10.1 Å². The summed E-state index contributed by atoms with van der Waals surface area (Å²) in [6.45, 7) is 4.03. The molecule has 0 atom stereocenters. The van der Waals surface area contributed by atoms with Crippen LogP contribution in [0, 0.1) is 16.0 Å². The first-order valence-electron chi connectivity index (χ1n) is 6.10. The van der Waals surface area contributed by atoms with Gasteiger partial charge >= 0.3 is 5.97 Å². The van der Waals surface area contributed by atoms with Crippen LogP contribution < -0.4 is 5.14 Å². The Hall–Kier alpha value is -2.00. The molecule has 0 aliphatic carbocycles. The summed E-state index contributed by atoms with van der Waals surface area (Å²) in [5.41, 5.74) is -0.769. The van der Waals surface area contributed by atoms with Crippen molar-refractivity contribution < 1.29 is 22.9 Å². The molecule has 0 saturated carbocycles. The molecule has 0 spiro atoms. The van der Waals surface area contributed by atoms with Crippen LogP contribution in [0.2, 0.25) is 0 Å².